The minimum atomic E-state index is -0.365. The van der Waals surface area contributed by atoms with Crippen molar-refractivity contribution in [1.29, 1.82) is 0 Å². The number of aliphatic hydroxyl groups excluding tert-OH is 1. The van der Waals surface area contributed by atoms with Crippen LogP contribution in [0.25, 0.3) is 0 Å². The molecule has 1 aromatic rings. The molecule has 0 radical (unpaired) electrons. The molecule has 226 valence electrons. The number of methoxy groups -OCH3 is 1. The Balaban J connectivity index is 1.25. The first-order valence-electron chi connectivity index (χ1n) is 16.5. The van der Waals surface area contributed by atoms with Gasteiger partial charge in [0.05, 0.1) is 18.8 Å². The molecule has 4 fully saturated rings. The zero-order valence-electron chi connectivity index (χ0n) is 25.5. The van der Waals surface area contributed by atoms with Crippen LogP contribution in [0.2, 0.25) is 0 Å². The van der Waals surface area contributed by atoms with Crippen LogP contribution in [-0.4, -0.2) is 47.8 Å². The number of aliphatic hydroxyl groups is 1. The fraction of sp³-hybridized carbons (Fsp3) is 0.639. The smallest absolute Gasteiger partial charge is 0.343 e. The van der Waals surface area contributed by atoms with E-state index in [-0.39, 0.29) is 36.0 Å². The molecule has 6 aliphatic rings. The van der Waals surface area contributed by atoms with Crippen molar-refractivity contribution < 1.29 is 24.1 Å². The lowest BCUT2D eigenvalue weighted by Crippen LogP contribution is -2.60. The van der Waals surface area contributed by atoms with Gasteiger partial charge >= 0.3 is 5.97 Å². The molecular weight excluding hydrogens is 526 g/mol. The number of ether oxygens (including phenoxy) is 3. The van der Waals surface area contributed by atoms with Gasteiger partial charge in [-0.15, -0.1) is 0 Å². The lowest BCUT2D eigenvalue weighted by Gasteiger charge is -2.52. The number of fused-ring (bicyclic) bond motifs is 4. The monoisotopic (exact) mass is 573 g/mol. The summed E-state index contributed by atoms with van der Waals surface area (Å²) < 4.78 is 18.0. The first-order valence-corrected chi connectivity index (χ1v) is 16.5. The number of benzene rings is 1. The summed E-state index contributed by atoms with van der Waals surface area (Å²) in [4.78, 5) is 15.2. The Morgan fingerprint density at radius 2 is 1.83 bits per heavy atom. The quantitative estimate of drug-likeness (QED) is 0.390. The van der Waals surface area contributed by atoms with E-state index in [2.05, 4.69) is 48.2 Å². The summed E-state index contributed by atoms with van der Waals surface area (Å²) in [5, 5.41) is 12.1. The van der Waals surface area contributed by atoms with Crippen LogP contribution < -0.4 is 0 Å². The van der Waals surface area contributed by atoms with Crippen LogP contribution >= 0.6 is 0 Å². The molecular formula is C36H47NO5. The van der Waals surface area contributed by atoms with Crippen molar-refractivity contribution in [1.82, 2.24) is 4.90 Å². The van der Waals surface area contributed by atoms with E-state index in [0.717, 1.165) is 31.6 Å². The van der Waals surface area contributed by atoms with Gasteiger partial charge in [0.2, 0.25) is 5.76 Å². The van der Waals surface area contributed by atoms with Gasteiger partial charge in [-0.25, -0.2) is 4.79 Å². The van der Waals surface area contributed by atoms with Gasteiger partial charge in [-0.2, -0.15) is 0 Å². The van der Waals surface area contributed by atoms with Gasteiger partial charge in [0.15, 0.2) is 11.5 Å². The van der Waals surface area contributed by atoms with E-state index in [4.69, 9.17) is 14.2 Å². The van der Waals surface area contributed by atoms with E-state index in [1.807, 2.05) is 0 Å². The van der Waals surface area contributed by atoms with Gasteiger partial charge in [-0.05, 0) is 74.3 Å². The number of cyclic esters (lactones) is 1. The summed E-state index contributed by atoms with van der Waals surface area (Å²) >= 11 is 0. The number of nitrogens with zero attached hydrogens (tertiary/aromatic N) is 1. The lowest BCUT2D eigenvalue weighted by molar-refractivity contribution is -0.133. The Labute approximate surface area is 250 Å². The molecule has 2 saturated heterocycles. The molecule has 42 heavy (non-hydrogen) atoms. The highest BCUT2D eigenvalue weighted by atomic mass is 16.6. The molecule has 0 unspecified atom stereocenters. The number of carbonyl (C=O) groups excluding carboxylic acids is 1. The second-order valence-corrected chi connectivity index (χ2v) is 13.8. The van der Waals surface area contributed by atoms with Crippen LogP contribution in [0.1, 0.15) is 89.5 Å². The fourth-order valence-electron chi connectivity index (χ4n) is 9.83. The number of hydrogen-bond donors (Lipinski definition) is 1. The molecule has 6 nitrogen and oxygen atoms in total. The summed E-state index contributed by atoms with van der Waals surface area (Å²) in [5.41, 5.74) is 1.94. The third kappa shape index (κ3) is 4.73. The van der Waals surface area contributed by atoms with Gasteiger partial charge in [0.1, 0.15) is 5.76 Å². The van der Waals surface area contributed by atoms with Gasteiger partial charge in [-0.1, -0.05) is 69.4 Å². The highest BCUT2D eigenvalue weighted by molar-refractivity contribution is 5.93. The molecule has 1 aromatic carbocycles. The van der Waals surface area contributed by atoms with Crippen LogP contribution in [0.3, 0.4) is 0 Å². The number of rotatable bonds is 5. The third-order valence-corrected chi connectivity index (χ3v) is 11.7. The van der Waals surface area contributed by atoms with E-state index < -0.39 is 0 Å². The van der Waals surface area contributed by atoms with Crippen LogP contribution in [0.4, 0.5) is 0 Å². The molecule has 7 rings (SSSR count). The van der Waals surface area contributed by atoms with Crippen LogP contribution in [0.15, 0.2) is 65.0 Å². The summed E-state index contributed by atoms with van der Waals surface area (Å²) in [6.07, 6.45) is 13.7. The van der Waals surface area contributed by atoms with E-state index in [0.29, 0.717) is 46.5 Å². The number of allylic oxidation sites excluding steroid dienone is 1. The van der Waals surface area contributed by atoms with Crippen LogP contribution in [0, 0.1) is 29.6 Å². The molecule has 0 amide bonds. The zero-order valence-corrected chi connectivity index (χ0v) is 25.5. The SMILES string of the molecule is COC1=C(C)C(=O)OC1=C1OC2=CCCN3[C@H]([C@@H](O)CC4CCCCC4)[C@H]4CC[C@H](c5ccccc5)[C@H]4C[C@H]3[C@H]2[C@@H]1C. The summed E-state index contributed by atoms with van der Waals surface area (Å²) in [6.45, 7) is 4.92. The highest BCUT2D eigenvalue weighted by Gasteiger charge is 2.56. The largest absolute Gasteiger partial charge is 0.492 e. The predicted molar refractivity (Wildman–Crippen MR) is 161 cm³/mol. The minimum absolute atomic E-state index is 0.0324. The van der Waals surface area contributed by atoms with Gasteiger partial charge in [0.25, 0.3) is 0 Å². The maximum atomic E-state index is 12.5. The average Bonchev–Trinajstić information content (AvgIpc) is 3.61. The van der Waals surface area contributed by atoms with Gasteiger partial charge in [0, 0.05) is 30.5 Å². The maximum absolute atomic E-state index is 12.5. The highest BCUT2D eigenvalue weighted by Crippen LogP contribution is 2.57. The van der Waals surface area contributed by atoms with E-state index in [1.54, 1.807) is 14.0 Å². The molecule has 8 atom stereocenters. The summed E-state index contributed by atoms with van der Waals surface area (Å²) in [7, 11) is 1.59. The fourth-order valence-corrected chi connectivity index (χ4v) is 9.83. The Hall–Kier alpha value is -2.57. The second-order valence-electron chi connectivity index (χ2n) is 13.8. The zero-order chi connectivity index (χ0) is 29.0. The normalized spacial score (nSPS) is 37.8. The van der Waals surface area contributed by atoms with Crippen molar-refractivity contribution in [2.75, 3.05) is 13.7 Å². The van der Waals surface area contributed by atoms with Gasteiger partial charge < -0.3 is 19.3 Å². The number of esters is 1. The maximum Gasteiger partial charge on any atom is 0.343 e. The minimum Gasteiger partial charge on any atom is -0.492 e. The first kappa shape index (κ1) is 28.2. The average molecular weight is 574 g/mol. The Morgan fingerprint density at radius 1 is 1.05 bits per heavy atom. The Morgan fingerprint density at radius 3 is 2.60 bits per heavy atom. The second kappa shape index (κ2) is 11.5. The summed E-state index contributed by atoms with van der Waals surface area (Å²) in [5.74, 6) is 4.66. The topological polar surface area (TPSA) is 68.2 Å². The predicted octanol–water partition coefficient (Wildman–Crippen LogP) is 6.83. The van der Waals surface area contributed by atoms with Crippen LogP contribution in [-0.2, 0) is 19.0 Å². The summed E-state index contributed by atoms with van der Waals surface area (Å²) in [6, 6.07) is 11.5. The standard InChI is InChI=1S/C36H47NO5/c1-21-31-28-20-27-25(24-13-8-5-9-14-24)16-17-26(27)32(29(38)19-23-11-6-4-7-12-23)37(28)18-10-15-30(31)41-34(21)35-33(40-3)22(2)36(39)42-35/h5,8-9,13-15,21,23,25-29,31-32,38H,4,6-7,10-12,16-20H2,1-3H3/t21-,25+,26-,27+,28-,29-,31+,32-/m0/s1. The van der Waals surface area contributed by atoms with Crippen molar-refractivity contribution >= 4 is 5.97 Å². The molecule has 0 aromatic heterocycles. The number of hydrogen-bond acceptors (Lipinski definition) is 6. The first-order chi connectivity index (χ1) is 20.5. The van der Waals surface area contributed by atoms with Crippen molar-refractivity contribution in [2.45, 2.75) is 102 Å². The molecule has 0 bridgehead atoms. The van der Waals surface area contributed by atoms with Crippen LogP contribution in [0.5, 0.6) is 0 Å². The van der Waals surface area contributed by atoms with E-state index >= 15 is 0 Å². The number of carbonyl (C=O) groups is 1. The van der Waals surface area contributed by atoms with Crippen molar-refractivity contribution in [3.05, 3.63) is 70.6 Å². The van der Waals surface area contributed by atoms with E-state index in [9.17, 15) is 9.90 Å². The Kier molecular flexibility index (Phi) is 7.72. The number of piperidine rings is 1. The van der Waals surface area contributed by atoms with Gasteiger partial charge in [-0.3, -0.25) is 4.90 Å². The van der Waals surface area contributed by atoms with Crippen molar-refractivity contribution in [2.24, 2.45) is 29.6 Å². The molecule has 2 saturated carbocycles. The Bertz CT molecular complexity index is 1280. The molecule has 4 heterocycles. The molecule has 6 heteroatoms. The molecule has 2 aliphatic carbocycles. The van der Waals surface area contributed by atoms with E-state index in [1.165, 1.54) is 50.5 Å². The molecule has 1 N–H and O–H groups in total. The molecule has 4 aliphatic heterocycles. The van der Waals surface area contributed by atoms with Crippen molar-refractivity contribution in [3.8, 4) is 0 Å². The lowest BCUT2D eigenvalue weighted by atomic mass is 9.68. The van der Waals surface area contributed by atoms with Crippen molar-refractivity contribution in [3.63, 3.8) is 0 Å². The molecule has 0 spiro atoms. The third-order valence-electron chi connectivity index (χ3n) is 11.7.